The minimum atomic E-state index is -0.824. The Labute approximate surface area is 92.3 Å². The van der Waals surface area contributed by atoms with Gasteiger partial charge in [-0.25, -0.2) is 4.79 Å². The molecule has 1 N–H and O–H groups in total. The molecule has 78 valence electrons. The number of carboxylic acid groups (broad SMARTS) is 1. The van der Waals surface area contributed by atoms with Gasteiger partial charge in [0, 0.05) is 0 Å². The van der Waals surface area contributed by atoms with Gasteiger partial charge in [0.2, 0.25) is 0 Å². The lowest BCUT2D eigenvalue weighted by atomic mass is 10.3. The summed E-state index contributed by atoms with van der Waals surface area (Å²) in [5.41, 5.74) is 0. The molecule has 0 amide bonds. The number of hydrogen-bond donors (Lipinski definition) is 1. The van der Waals surface area contributed by atoms with Crippen LogP contribution in [0.3, 0.4) is 0 Å². The van der Waals surface area contributed by atoms with Crippen LogP contribution in [-0.4, -0.2) is 16.8 Å². The third kappa shape index (κ3) is 3.72. The maximum Gasteiger partial charge on any atom is 0.345 e. The topological polar surface area (TPSA) is 37.3 Å². The molecule has 0 aliphatic rings. The van der Waals surface area contributed by atoms with Crippen molar-refractivity contribution in [1.29, 1.82) is 0 Å². The smallest absolute Gasteiger partial charge is 0.345 e. The first-order valence-electron chi connectivity index (χ1n) is 4.70. The van der Waals surface area contributed by atoms with Gasteiger partial charge in [0.25, 0.3) is 0 Å². The van der Waals surface area contributed by atoms with Gasteiger partial charge in [-0.1, -0.05) is 19.8 Å². The molecule has 14 heavy (non-hydrogen) atoms. The number of carboxylic acids is 1. The molecule has 0 aliphatic heterocycles. The number of rotatable bonds is 6. The molecule has 0 saturated carbocycles. The molecule has 2 nitrogen and oxygen atoms in total. The van der Waals surface area contributed by atoms with Crippen molar-refractivity contribution in [2.24, 2.45) is 0 Å². The van der Waals surface area contributed by atoms with Crippen LogP contribution < -0.4 is 0 Å². The van der Waals surface area contributed by atoms with Crippen LogP contribution in [0.15, 0.2) is 16.3 Å². The molecule has 0 fully saturated rings. The highest BCUT2D eigenvalue weighted by Crippen LogP contribution is 2.28. The van der Waals surface area contributed by atoms with Gasteiger partial charge in [0.05, 0.1) is 4.21 Å². The third-order valence-electron chi connectivity index (χ3n) is 1.78. The summed E-state index contributed by atoms with van der Waals surface area (Å²) in [6, 6.07) is 3.57. The van der Waals surface area contributed by atoms with E-state index in [0.717, 1.165) is 9.96 Å². The molecule has 0 atom stereocenters. The molecule has 4 heteroatoms. The fourth-order valence-corrected chi connectivity index (χ4v) is 3.08. The molecule has 1 heterocycles. The van der Waals surface area contributed by atoms with Crippen molar-refractivity contribution >= 4 is 29.1 Å². The number of thiophene rings is 1. The Hall–Kier alpha value is -0.480. The SMILES string of the molecule is CCCCCSc1ccc(C(=O)O)s1. The van der Waals surface area contributed by atoms with Crippen molar-refractivity contribution in [2.75, 3.05) is 5.75 Å². The summed E-state index contributed by atoms with van der Waals surface area (Å²) in [7, 11) is 0. The zero-order valence-electron chi connectivity index (χ0n) is 8.16. The van der Waals surface area contributed by atoms with Crippen LogP contribution in [0.4, 0.5) is 0 Å². The Bertz CT molecular complexity index is 294. The quantitative estimate of drug-likeness (QED) is 0.597. The monoisotopic (exact) mass is 230 g/mol. The lowest BCUT2D eigenvalue weighted by Crippen LogP contribution is -1.89. The third-order valence-corrected chi connectivity index (χ3v) is 4.17. The minimum Gasteiger partial charge on any atom is -0.477 e. The standard InChI is InChI=1S/C10H14O2S2/c1-2-3-4-7-13-9-6-5-8(14-9)10(11)12/h5-6H,2-4,7H2,1H3,(H,11,12). The van der Waals surface area contributed by atoms with Crippen LogP contribution in [0.2, 0.25) is 0 Å². The van der Waals surface area contributed by atoms with E-state index in [1.807, 2.05) is 6.07 Å². The second-order valence-electron chi connectivity index (χ2n) is 2.98. The van der Waals surface area contributed by atoms with Crippen LogP contribution in [0.5, 0.6) is 0 Å². The van der Waals surface area contributed by atoms with Gasteiger partial charge in [-0.05, 0) is 24.3 Å². The van der Waals surface area contributed by atoms with Gasteiger partial charge in [0.15, 0.2) is 0 Å². The maximum absolute atomic E-state index is 10.6. The first-order valence-corrected chi connectivity index (χ1v) is 6.50. The van der Waals surface area contributed by atoms with E-state index in [9.17, 15) is 4.79 Å². The molecule has 1 aromatic rings. The highest BCUT2D eigenvalue weighted by molar-refractivity contribution is 8.01. The van der Waals surface area contributed by atoms with Crippen LogP contribution in [-0.2, 0) is 0 Å². The van der Waals surface area contributed by atoms with Crippen molar-refractivity contribution in [2.45, 2.75) is 30.4 Å². The minimum absolute atomic E-state index is 0.433. The molecule has 1 rings (SSSR count). The largest absolute Gasteiger partial charge is 0.477 e. The van der Waals surface area contributed by atoms with E-state index in [0.29, 0.717) is 4.88 Å². The van der Waals surface area contributed by atoms with Crippen molar-refractivity contribution in [3.8, 4) is 0 Å². The molecular weight excluding hydrogens is 216 g/mol. The van der Waals surface area contributed by atoms with Gasteiger partial charge in [0.1, 0.15) is 4.88 Å². The molecule has 0 radical (unpaired) electrons. The van der Waals surface area contributed by atoms with Crippen molar-refractivity contribution in [3.05, 3.63) is 17.0 Å². The summed E-state index contributed by atoms with van der Waals surface area (Å²) in [5.74, 6) is 0.267. The number of thioether (sulfide) groups is 1. The van der Waals surface area contributed by atoms with Crippen molar-refractivity contribution in [3.63, 3.8) is 0 Å². The maximum atomic E-state index is 10.6. The van der Waals surface area contributed by atoms with E-state index in [1.165, 1.54) is 30.6 Å². The van der Waals surface area contributed by atoms with E-state index in [2.05, 4.69) is 6.92 Å². The van der Waals surface area contributed by atoms with E-state index in [4.69, 9.17) is 5.11 Å². The molecule has 0 bridgehead atoms. The van der Waals surface area contributed by atoms with Crippen molar-refractivity contribution in [1.82, 2.24) is 0 Å². The average Bonchev–Trinajstić information content (AvgIpc) is 2.61. The van der Waals surface area contributed by atoms with Gasteiger partial charge < -0.3 is 5.11 Å². The lowest BCUT2D eigenvalue weighted by Gasteiger charge is -1.96. The van der Waals surface area contributed by atoms with Crippen LogP contribution >= 0.6 is 23.1 Å². The predicted octanol–water partition coefficient (Wildman–Crippen LogP) is 3.73. The molecule has 0 unspecified atom stereocenters. The van der Waals surface area contributed by atoms with Gasteiger partial charge in [-0.15, -0.1) is 23.1 Å². The molecule has 0 aliphatic carbocycles. The number of carbonyl (C=O) groups is 1. The van der Waals surface area contributed by atoms with Crippen LogP contribution in [0, 0.1) is 0 Å². The highest BCUT2D eigenvalue weighted by Gasteiger charge is 2.06. The van der Waals surface area contributed by atoms with Crippen LogP contribution in [0.25, 0.3) is 0 Å². The highest BCUT2D eigenvalue weighted by atomic mass is 32.2. The van der Waals surface area contributed by atoms with Gasteiger partial charge in [-0.2, -0.15) is 0 Å². The van der Waals surface area contributed by atoms with Gasteiger partial charge >= 0.3 is 5.97 Å². The summed E-state index contributed by atoms with van der Waals surface area (Å²) < 4.78 is 1.11. The molecular formula is C10H14O2S2. The predicted molar refractivity (Wildman–Crippen MR) is 61.5 cm³/mol. The molecule has 0 spiro atoms. The summed E-state index contributed by atoms with van der Waals surface area (Å²) in [6.45, 7) is 2.18. The fourth-order valence-electron chi connectivity index (χ4n) is 1.04. The first-order chi connectivity index (χ1) is 6.74. The van der Waals surface area contributed by atoms with Crippen molar-refractivity contribution < 1.29 is 9.90 Å². The van der Waals surface area contributed by atoms with E-state index in [1.54, 1.807) is 17.8 Å². The Balaban J connectivity index is 2.33. The zero-order chi connectivity index (χ0) is 10.4. The van der Waals surface area contributed by atoms with Crippen LogP contribution in [0.1, 0.15) is 35.9 Å². The number of aromatic carboxylic acids is 1. The fraction of sp³-hybridized carbons (Fsp3) is 0.500. The average molecular weight is 230 g/mol. The van der Waals surface area contributed by atoms with E-state index in [-0.39, 0.29) is 0 Å². The zero-order valence-corrected chi connectivity index (χ0v) is 9.79. The normalized spacial score (nSPS) is 10.4. The molecule has 0 saturated heterocycles. The Morgan fingerprint density at radius 3 is 2.86 bits per heavy atom. The van der Waals surface area contributed by atoms with E-state index >= 15 is 0 Å². The summed E-state index contributed by atoms with van der Waals surface area (Å²) in [4.78, 5) is 11.0. The second kappa shape index (κ2) is 6.09. The molecule has 0 aromatic carbocycles. The Kier molecular flexibility index (Phi) is 5.04. The second-order valence-corrected chi connectivity index (χ2v) is 5.46. The van der Waals surface area contributed by atoms with E-state index < -0.39 is 5.97 Å². The number of unbranched alkanes of at least 4 members (excludes halogenated alkanes) is 2. The Morgan fingerprint density at radius 1 is 1.50 bits per heavy atom. The Morgan fingerprint density at radius 2 is 2.29 bits per heavy atom. The van der Waals surface area contributed by atoms with Gasteiger partial charge in [-0.3, -0.25) is 0 Å². The lowest BCUT2D eigenvalue weighted by molar-refractivity contribution is 0.0702. The summed E-state index contributed by atoms with van der Waals surface area (Å²) in [5, 5.41) is 8.71. The number of hydrogen-bond acceptors (Lipinski definition) is 3. The summed E-state index contributed by atoms with van der Waals surface area (Å²) in [6.07, 6.45) is 3.69. The summed E-state index contributed by atoms with van der Waals surface area (Å²) >= 11 is 3.12. The first kappa shape index (κ1) is 11.6. The molecule has 1 aromatic heterocycles.